The summed E-state index contributed by atoms with van der Waals surface area (Å²) in [5, 5.41) is 0. The Labute approximate surface area is 95.6 Å². The molecule has 0 saturated heterocycles. The molecule has 0 spiro atoms. The van der Waals surface area contributed by atoms with Gasteiger partial charge in [0.2, 0.25) is 0 Å². The molecule has 0 atom stereocenters. The molecule has 1 heterocycles. The van der Waals surface area contributed by atoms with E-state index >= 15 is 0 Å². The van der Waals surface area contributed by atoms with Crippen molar-refractivity contribution in [3.63, 3.8) is 0 Å². The van der Waals surface area contributed by atoms with Crippen molar-refractivity contribution < 1.29 is 14.5 Å². The molecule has 3 nitrogen and oxygen atoms in total. The molecule has 1 aromatic carbocycles. The Kier molecular flexibility index (Phi) is 4.26. The fraction of sp³-hybridized carbons (Fsp3) is 0.385. The highest BCUT2D eigenvalue weighted by molar-refractivity contribution is 5.13. The van der Waals surface area contributed by atoms with Crippen molar-refractivity contribution >= 4 is 0 Å². The van der Waals surface area contributed by atoms with E-state index in [9.17, 15) is 0 Å². The Balaban J connectivity index is 1.73. The molecule has 1 aromatic rings. The maximum Gasteiger partial charge on any atom is 0.176 e. The first kappa shape index (κ1) is 11.0. The first-order chi connectivity index (χ1) is 7.95. The predicted octanol–water partition coefficient (Wildman–Crippen LogP) is 3.18. The lowest BCUT2D eigenvalue weighted by Crippen LogP contribution is -1.96. The van der Waals surface area contributed by atoms with Gasteiger partial charge in [-0.1, -0.05) is 30.3 Å². The van der Waals surface area contributed by atoms with Gasteiger partial charge in [0.05, 0.1) is 6.61 Å². The first-order valence-electron chi connectivity index (χ1n) is 5.59. The Bertz CT molecular complexity index is 332. The van der Waals surface area contributed by atoms with Crippen LogP contribution in [0.1, 0.15) is 24.8 Å². The van der Waals surface area contributed by atoms with Crippen molar-refractivity contribution in [2.24, 2.45) is 0 Å². The Morgan fingerprint density at radius 3 is 2.88 bits per heavy atom. The second-order valence-electron chi connectivity index (χ2n) is 3.74. The van der Waals surface area contributed by atoms with Gasteiger partial charge in [-0.3, -0.25) is 0 Å². The highest BCUT2D eigenvalue weighted by atomic mass is 17.2. The fourth-order valence-corrected chi connectivity index (χ4v) is 1.50. The molecular weight excluding hydrogens is 204 g/mol. The molecule has 0 aliphatic carbocycles. The molecule has 1 aliphatic rings. The topological polar surface area (TPSA) is 27.7 Å². The third-order valence-electron chi connectivity index (χ3n) is 2.38. The van der Waals surface area contributed by atoms with E-state index in [-0.39, 0.29) is 0 Å². The van der Waals surface area contributed by atoms with E-state index in [0.29, 0.717) is 6.61 Å². The van der Waals surface area contributed by atoms with Crippen LogP contribution in [0.2, 0.25) is 0 Å². The highest BCUT2D eigenvalue weighted by Gasteiger charge is 2.05. The van der Waals surface area contributed by atoms with Gasteiger partial charge in [0.1, 0.15) is 12.9 Å². The average Bonchev–Trinajstić information content (AvgIpc) is 2.59. The van der Waals surface area contributed by atoms with Crippen LogP contribution in [-0.2, 0) is 21.1 Å². The second-order valence-corrected chi connectivity index (χ2v) is 3.74. The molecule has 0 fully saturated rings. The van der Waals surface area contributed by atoms with Gasteiger partial charge in [0.25, 0.3) is 0 Å². The van der Waals surface area contributed by atoms with Crippen LogP contribution in [0.5, 0.6) is 0 Å². The van der Waals surface area contributed by atoms with Crippen molar-refractivity contribution in [1.29, 1.82) is 0 Å². The lowest BCUT2D eigenvalue weighted by molar-refractivity contribution is -0.275. The van der Waals surface area contributed by atoms with Crippen LogP contribution in [0.4, 0.5) is 0 Å². The smallest absolute Gasteiger partial charge is 0.176 e. The van der Waals surface area contributed by atoms with E-state index in [1.165, 1.54) is 0 Å². The fourth-order valence-electron chi connectivity index (χ4n) is 1.50. The molecule has 0 saturated carbocycles. The number of allylic oxidation sites excluding steroid dienone is 1. The van der Waals surface area contributed by atoms with E-state index in [4.69, 9.17) is 14.5 Å². The summed E-state index contributed by atoms with van der Waals surface area (Å²) < 4.78 is 5.24. The molecule has 0 bridgehead atoms. The van der Waals surface area contributed by atoms with Crippen LogP contribution < -0.4 is 0 Å². The maximum absolute atomic E-state index is 5.24. The number of benzene rings is 1. The highest BCUT2D eigenvalue weighted by Crippen LogP contribution is 2.14. The van der Waals surface area contributed by atoms with Gasteiger partial charge in [-0.05, 0) is 18.4 Å². The summed E-state index contributed by atoms with van der Waals surface area (Å²) in [5.74, 6) is 0.772. The molecule has 2 rings (SSSR count). The summed E-state index contributed by atoms with van der Waals surface area (Å²) >= 11 is 0. The van der Waals surface area contributed by atoms with Crippen molar-refractivity contribution in [2.75, 3.05) is 6.61 Å². The molecule has 3 heteroatoms. The quantitative estimate of drug-likeness (QED) is 0.576. The van der Waals surface area contributed by atoms with Gasteiger partial charge < -0.3 is 9.62 Å². The summed E-state index contributed by atoms with van der Waals surface area (Å²) in [6.07, 6.45) is 4.69. The van der Waals surface area contributed by atoms with Crippen molar-refractivity contribution in [3.05, 3.63) is 47.9 Å². The molecule has 16 heavy (non-hydrogen) atoms. The third-order valence-corrected chi connectivity index (χ3v) is 2.38. The lowest BCUT2D eigenvalue weighted by atomic mass is 10.2. The molecular formula is C13H16O3. The number of ether oxygens (including phenoxy) is 1. The molecule has 1 aliphatic heterocycles. The standard InChI is InChI=1S/C13H16O3/c1-2-6-12(7-3-1)10-15-16-13-8-4-5-9-14-11-13/h1-3,6-7,11H,4-5,8-10H2. The van der Waals surface area contributed by atoms with E-state index in [2.05, 4.69) is 0 Å². The Morgan fingerprint density at radius 1 is 1.12 bits per heavy atom. The second kappa shape index (κ2) is 6.18. The largest absolute Gasteiger partial charge is 0.498 e. The summed E-state index contributed by atoms with van der Waals surface area (Å²) in [6.45, 7) is 1.23. The summed E-state index contributed by atoms with van der Waals surface area (Å²) in [6, 6.07) is 9.94. The minimum Gasteiger partial charge on any atom is -0.498 e. The summed E-state index contributed by atoms with van der Waals surface area (Å²) in [4.78, 5) is 10.4. The lowest BCUT2D eigenvalue weighted by Gasteiger charge is -2.06. The Morgan fingerprint density at radius 2 is 2.00 bits per heavy atom. The molecule has 0 radical (unpaired) electrons. The van der Waals surface area contributed by atoms with Crippen LogP contribution >= 0.6 is 0 Å². The van der Waals surface area contributed by atoms with Crippen LogP contribution in [0.3, 0.4) is 0 Å². The zero-order valence-corrected chi connectivity index (χ0v) is 9.22. The first-order valence-corrected chi connectivity index (χ1v) is 5.59. The van der Waals surface area contributed by atoms with E-state index in [0.717, 1.165) is 37.2 Å². The van der Waals surface area contributed by atoms with Gasteiger partial charge in [-0.25, -0.2) is 0 Å². The molecule has 0 amide bonds. The number of hydrogen-bond acceptors (Lipinski definition) is 3. The molecule has 0 N–H and O–H groups in total. The normalized spacial score (nSPS) is 15.9. The van der Waals surface area contributed by atoms with Crippen LogP contribution in [0, 0.1) is 0 Å². The molecule has 0 aromatic heterocycles. The van der Waals surface area contributed by atoms with Gasteiger partial charge >= 0.3 is 0 Å². The van der Waals surface area contributed by atoms with Crippen molar-refractivity contribution in [3.8, 4) is 0 Å². The average molecular weight is 220 g/mol. The van der Waals surface area contributed by atoms with Crippen LogP contribution in [0.15, 0.2) is 42.4 Å². The molecule has 0 unspecified atom stereocenters. The summed E-state index contributed by atoms with van der Waals surface area (Å²) in [7, 11) is 0. The monoisotopic (exact) mass is 220 g/mol. The zero-order valence-electron chi connectivity index (χ0n) is 9.22. The SMILES string of the molecule is C1=C(OOCc2ccccc2)CCCCO1. The minimum absolute atomic E-state index is 0.457. The van der Waals surface area contributed by atoms with Gasteiger partial charge in [-0.15, -0.1) is 0 Å². The van der Waals surface area contributed by atoms with E-state index in [1.54, 1.807) is 6.26 Å². The van der Waals surface area contributed by atoms with E-state index < -0.39 is 0 Å². The van der Waals surface area contributed by atoms with Gasteiger partial charge in [-0.2, -0.15) is 4.89 Å². The predicted molar refractivity (Wildman–Crippen MR) is 60.2 cm³/mol. The van der Waals surface area contributed by atoms with Gasteiger partial charge in [0, 0.05) is 6.42 Å². The van der Waals surface area contributed by atoms with Gasteiger partial charge in [0.15, 0.2) is 5.76 Å². The maximum atomic E-state index is 5.24. The van der Waals surface area contributed by atoms with Crippen molar-refractivity contribution in [1.82, 2.24) is 0 Å². The third kappa shape index (κ3) is 3.59. The molecule has 86 valence electrons. The zero-order chi connectivity index (χ0) is 11.1. The van der Waals surface area contributed by atoms with Crippen molar-refractivity contribution in [2.45, 2.75) is 25.9 Å². The van der Waals surface area contributed by atoms with Crippen LogP contribution in [0.25, 0.3) is 0 Å². The van der Waals surface area contributed by atoms with E-state index in [1.807, 2.05) is 30.3 Å². The number of hydrogen-bond donors (Lipinski definition) is 0. The summed E-state index contributed by atoms with van der Waals surface area (Å²) in [5.41, 5.74) is 1.10. The minimum atomic E-state index is 0.457. The van der Waals surface area contributed by atoms with Crippen LogP contribution in [-0.4, -0.2) is 6.61 Å². The Hall–Kier alpha value is -1.48. The number of rotatable bonds is 4.